The molecule has 0 aliphatic carbocycles. The average molecular weight is 466 g/mol. The molecule has 0 radical (unpaired) electrons. The van der Waals surface area contributed by atoms with Gasteiger partial charge in [0.15, 0.2) is 0 Å². The molecule has 30 heavy (non-hydrogen) atoms. The molecule has 1 fully saturated rings. The molecule has 0 spiro atoms. The first-order valence-electron chi connectivity index (χ1n) is 10.1. The molecule has 0 bridgehead atoms. The van der Waals surface area contributed by atoms with Gasteiger partial charge in [-0.05, 0) is 68.7 Å². The van der Waals surface area contributed by atoms with E-state index in [0.29, 0.717) is 5.56 Å². The van der Waals surface area contributed by atoms with Crippen LogP contribution in [0.5, 0.6) is 0 Å². The minimum absolute atomic E-state index is 0.144. The van der Waals surface area contributed by atoms with Crippen molar-refractivity contribution in [3.8, 4) is 0 Å². The summed E-state index contributed by atoms with van der Waals surface area (Å²) >= 11 is 3.39. The van der Waals surface area contributed by atoms with E-state index in [9.17, 15) is 4.79 Å². The van der Waals surface area contributed by atoms with Crippen LogP contribution >= 0.6 is 15.9 Å². The number of aryl methyl sites for hydroxylation is 1. The molecule has 154 valence electrons. The number of nitrogens with zero attached hydrogens (tertiary/aromatic N) is 3. The third-order valence-electron chi connectivity index (χ3n) is 5.01. The lowest BCUT2D eigenvalue weighted by Gasteiger charge is -2.28. The van der Waals surface area contributed by atoms with Crippen LogP contribution in [0.15, 0.2) is 59.1 Å². The minimum atomic E-state index is -0.144. The first-order valence-corrected chi connectivity index (χ1v) is 10.9. The number of halogens is 1. The molecule has 2 aromatic carbocycles. The van der Waals surface area contributed by atoms with Gasteiger partial charge in [-0.1, -0.05) is 22.0 Å². The molecule has 2 N–H and O–H groups in total. The zero-order chi connectivity index (χ0) is 20.9. The van der Waals surface area contributed by atoms with Crippen molar-refractivity contribution < 1.29 is 4.79 Å². The number of piperidine rings is 1. The Balaban J connectivity index is 1.43. The number of carbonyl (C=O) groups is 1. The van der Waals surface area contributed by atoms with Crippen LogP contribution in [0.1, 0.15) is 35.4 Å². The van der Waals surface area contributed by atoms with E-state index in [1.807, 2.05) is 49.4 Å². The average Bonchev–Trinajstić information content (AvgIpc) is 2.75. The zero-order valence-corrected chi connectivity index (χ0v) is 18.4. The summed E-state index contributed by atoms with van der Waals surface area (Å²) < 4.78 is 0.874. The van der Waals surface area contributed by atoms with Gasteiger partial charge in [-0.15, -0.1) is 0 Å². The molecule has 1 aliphatic heterocycles. The molecule has 2 heterocycles. The van der Waals surface area contributed by atoms with Crippen LogP contribution in [0.3, 0.4) is 0 Å². The monoisotopic (exact) mass is 465 g/mol. The molecule has 0 unspecified atom stereocenters. The molecular weight excluding hydrogens is 442 g/mol. The van der Waals surface area contributed by atoms with Crippen molar-refractivity contribution in [1.29, 1.82) is 0 Å². The number of aromatic nitrogens is 2. The third-order valence-corrected chi connectivity index (χ3v) is 5.50. The second-order valence-electron chi connectivity index (χ2n) is 7.37. The van der Waals surface area contributed by atoms with Gasteiger partial charge in [-0.3, -0.25) is 4.79 Å². The number of carbonyl (C=O) groups excluding carboxylic acids is 1. The smallest absolute Gasteiger partial charge is 0.255 e. The predicted octanol–water partition coefficient (Wildman–Crippen LogP) is 5.53. The van der Waals surface area contributed by atoms with Crippen molar-refractivity contribution in [1.82, 2.24) is 9.97 Å². The van der Waals surface area contributed by atoms with E-state index in [1.54, 1.807) is 12.1 Å². The number of hydrogen-bond donors (Lipinski definition) is 2. The van der Waals surface area contributed by atoms with Gasteiger partial charge in [0.1, 0.15) is 17.5 Å². The summed E-state index contributed by atoms with van der Waals surface area (Å²) in [7, 11) is 0. The Morgan fingerprint density at radius 2 is 1.70 bits per heavy atom. The molecule has 0 atom stereocenters. The molecule has 3 aromatic rings. The largest absolute Gasteiger partial charge is 0.356 e. The number of amides is 1. The predicted molar refractivity (Wildman–Crippen MR) is 125 cm³/mol. The maximum atomic E-state index is 12.4. The summed E-state index contributed by atoms with van der Waals surface area (Å²) in [5.74, 6) is 2.35. The van der Waals surface area contributed by atoms with E-state index in [1.165, 1.54) is 19.3 Å². The quantitative estimate of drug-likeness (QED) is 0.517. The topological polar surface area (TPSA) is 70.2 Å². The van der Waals surface area contributed by atoms with Gasteiger partial charge in [0.25, 0.3) is 5.91 Å². The van der Waals surface area contributed by atoms with Crippen LogP contribution in [0, 0.1) is 6.92 Å². The van der Waals surface area contributed by atoms with Gasteiger partial charge in [0.05, 0.1) is 0 Å². The van der Waals surface area contributed by atoms with Gasteiger partial charge >= 0.3 is 0 Å². The van der Waals surface area contributed by atoms with Gasteiger partial charge in [-0.2, -0.15) is 0 Å². The molecule has 1 saturated heterocycles. The number of benzene rings is 2. The first-order chi connectivity index (χ1) is 14.6. The summed E-state index contributed by atoms with van der Waals surface area (Å²) in [6, 6.07) is 16.9. The van der Waals surface area contributed by atoms with Crippen molar-refractivity contribution in [2.75, 3.05) is 28.6 Å². The van der Waals surface area contributed by atoms with E-state index < -0.39 is 0 Å². The van der Waals surface area contributed by atoms with Crippen molar-refractivity contribution in [3.05, 3.63) is 70.5 Å². The fourth-order valence-corrected chi connectivity index (χ4v) is 3.92. The van der Waals surface area contributed by atoms with Crippen LogP contribution in [0.25, 0.3) is 0 Å². The number of hydrogen-bond acceptors (Lipinski definition) is 5. The molecular formula is C23H24BrN5O. The Morgan fingerprint density at radius 3 is 2.43 bits per heavy atom. The number of rotatable bonds is 5. The van der Waals surface area contributed by atoms with Gasteiger partial charge in [0, 0.05) is 40.6 Å². The maximum Gasteiger partial charge on any atom is 0.255 e. The normalized spacial score (nSPS) is 13.7. The van der Waals surface area contributed by atoms with Gasteiger partial charge < -0.3 is 15.5 Å². The second kappa shape index (κ2) is 9.26. The zero-order valence-electron chi connectivity index (χ0n) is 16.9. The standard InChI is InChI=1S/C23H24BrN5O/c1-16-25-21(15-22(26-16)29-12-3-2-4-13-29)27-19-8-10-20(11-9-19)28-23(30)17-6-5-7-18(24)14-17/h5-11,14-15H,2-4,12-13H2,1H3,(H,28,30)(H,25,26,27). The first kappa shape index (κ1) is 20.3. The highest BCUT2D eigenvalue weighted by Crippen LogP contribution is 2.23. The van der Waals surface area contributed by atoms with Crippen LogP contribution in [-0.4, -0.2) is 29.0 Å². The fourth-order valence-electron chi connectivity index (χ4n) is 3.52. The summed E-state index contributed by atoms with van der Waals surface area (Å²) in [5.41, 5.74) is 2.24. The highest BCUT2D eigenvalue weighted by atomic mass is 79.9. The molecule has 1 aromatic heterocycles. The Labute approximate surface area is 184 Å². The molecule has 0 saturated carbocycles. The Hall–Kier alpha value is -2.93. The SMILES string of the molecule is Cc1nc(Nc2ccc(NC(=O)c3cccc(Br)c3)cc2)cc(N2CCCCC2)n1. The van der Waals surface area contributed by atoms with Crippen LogP contribution in [-0.2, 0) is 0 Å². The summed E-state index contributed by atoms with van der Waals surface area (Å²) in [5, 5.41) is 6.27. The minimum Gasteiger partial charge on any atom is -0.356 e. The van der Waals surface area contributed by atoms with Crippen molar-refractivity contribution in [3.63, 3.8) is 0 Å². The van der Waals surface area contributed by atoms with Crippen molar-refractivity contribution >= 4 is 44.8 Å². The summed E-state index contributed by atoms with van der Waals surface area (Å²) in [6.07, 6.45) is 3.70. The molecule has 7 heteroatoms. The second-order valence-corrected chi connectivity index (χ2v) is 8.29. The molecule has 6 nitrogen and oxygen atoms in total. The van der Waals surface area contributed by atoms with E-state index in [4.69, 9.17) is 0 Å². The van der Waals surface area contributed by atoms with Gasteiger partial charge in [0.2, 0.25) is 0 Å². The van der Waals surface area contributed by atoms with Crippen molar-refractivity contribution in [2.24, 2.45) is 0 Å². The van der Waals surface area contributed by atoms with Crippen molar-refractivity contribution in [2.45, 2.75) is 26.2 Å². The Kier molecular flexibility index (Phi) is 6.28. The van der Waals surface area contributed by atoms with E-state index >= 15 is 0 Å². The summed E-state index contributed by atoms with van der Waals surface area (Å²) in [4.78, 5) is 23.8. The summed E-state index contributed by atoms with van der Waals surface area (Å²) in [6.45, 7) is 4.00. The molecule has 4 rings (SSSR count). The van der Waals surface area contributed by atoms with Crippen LogP contribution < -0.4 is 15.5 Å². The lowest BCUT2D eigenvalue weighted by Crippen LogP contribution is -2.30. The van der Waals surface area contributed by atoms with E-state index in [2.05, 4.69) is 41.4 Å². The molecule has 1 aliphatic rings. The number of nitrogens with one attached hydrogen (secondary N) is 2. The third kappa shape index (κ3) is 5.16. The lowest BCUT2D eigenvalue weighted by molar-refractivity contribution is 0.102. The Morgan fingerprint density at radius 1 is 0.967 bits per heavy atom. The fraction of sp³-hybridized carbons (Fsp3) is 0.261. The van der Waals surface area contributed by atoms with Crippen LogP contribution in [0.4, 0.5) is 23.0 Å². The lowest BCUT2D eigenvalue weighted by atomic mass is 10.1. The van der Waals surface area contributed by atoms with Gasteiger partial charge in [-0.25, -0.2) is 9.97 Å². The highest BCUT2D eigenvalue weighted by molar-refractivity contribution is 9.10. The molecule has 1 amide bonds. The highest BCUT2D eigenvalue weighted by Gasteiger charge is 2.14. The Bertz CT molecular complexity index is 1030. The van der Waals surface area contributed by atoms with E-state index in [0.717, 1.165) is 46.4 Å². The number of anilines is 4. The maximum absolute atomic E-state index is 12.4. The van der Waals surface area contributed by atoms with Crippen LogP contribution in [0.2, 0.25) is 0 Å². The van der Waals surface area contributed by atoms with E-state index in [-0.39, 0.29) is 5.91 Å².